The van der Waals surface area contributed by atoms with E-state index in [1.807, 2.05) is 72.8 Å². The summed E-state index contributed by atoms with van der Waals surface area (Å²) >= 11 is 0. The second kappa shape index (κ2) is 11.2. The normalized spacial score (nSPS) is 10.3. The van der Waals surface area contributed by atoms with Gasteiger partial charge in [0.1, 0.15) is 23.9 Å². The van der Waals surface area contributed by atoms with Gasteiger partial charge in [-0.25, -0.2) is 4.98 Å². The zero-order valence-corrected chi connectivity index (χ0v) is 18.7. The van der Waals surface area contributed by atoms with Crippen molar-refractivity contribution in [2.24, 2.45) is 0 Å². The Morgan fingerprint density at radius 3 is 2.06 bits per heavy atom. The van der Waals surface area contributed by atoms with Gasteiger partial charge in [-0.3, -0.25) is 0 Å². The summed E-state index contributed by atoms with van der Waals surface area (Å²) in [7, 11) is 3.30. The van der Waals surface area contributed by atoms with Gasteiger partial charge in [0.25, 0.3) is 0 Å². The SMILES string of the molecule is COCCOc1ccc(Nc2nc(Nc3ccc(OC)cc3)c3ccccc3n2)cc1.Cl. The zero-order chi connectivity index (χ0) is 21.5. The lowest BCUT2D eigenvalue weighted by Gasteiger charge is -2.13. The minimum absolute atomic E-state index is 0. The fourth-order valence-corrected chi connectivity index (χ4v) is 3.05. The highest BCUT2D eigenvalue weighted by Crippen LogP contribution is 2.27. The first-order valence-electron chi connectivity index (χ1n) is 9.92. The number of rotatable bonds is 9. The van der Waals surface area contributed by atoms with Crippen LogP contribution >= 0.6 is 12.4 Å². The van der Waals surface area contributed by atoms with Gasteiger partial charge in [-0.15, -0.1) is 12.4 Å². The molecule has 0 bridgehead atoms. The standard InChI is InChI=1S/C24H24N4O3.ClH/c1-29-15-16-31-20-13-9-18(10-14-20)26-24-27-22-6-4-3-5-21(22)23(28-24)25-17-7-11-19(30-2)12-8-17;/h3-14H,15-16H2,1-2H3,(H2,25,26,27,28);1H. The number of hydrogen-bond acceptors (Lipinski definition) is 7. The number of halogens is 1. The lowest BCUT2D eigenvalue weighted by Crippen LogP contribution is -2.04. The maximum Gasteiger partial charge on any atom is 0.229 e. The van der Waals surface area contributed by atoms with E-state index in [2.05, 4.69) is 15.6 Å². The summed E-state index contributed by atoms with van der Waals surface area (Å²) in [6.07, 6.45) is 0. The first kappa shape index (κ1) is 23.1. The van der Waals surface area contributed by atoms with Gasteiger partial charge in [0.2, 0.25) is 5.95 Å². The average molecular weight is 453 g/mol. The highest BCUT2D eigenvalue weighted by molar-refractivity contribution is 5.92. The molecule has 0 unspecified atom stereocenters. The summed E-state index contributed by atoms with van der Waals surface area (Å²) in [5, 5.41) is 7.59. The third-order valence-electron chi connectivity index (χ3n) is 4.62. The van der Waals surface area contributed by atoms with Gasteiger partial charge in [0.05, 0.1) is 19.2 Å². The molecule has 0 radical (unpaired) electrons. The van der Waals surface area contributed by atoms with Crippen molar-refractivity contribution in [3.8, 4) is 11.5 Å². The van der Waals surface area contributed by atoms with Crippen LogP contribution in [0.5, 0.6) is 11.5 Å². The van der Waals surface area contributed by atoms with Gasteiger partial charge >= 0.3 is 0 Å². The molecule has 166 valence electrons. The lowest BCUT2D eigenvalue weighted by molar-refractivity contribution is 0.146. The molecule has 2 N–H and O–H groups in total. The fraction of sp³-hybridized carbons (Fsp3) is 0.167. The molecule has 0 spiro atoms. The average Bonchev–Trinajstić information content (AvgIpc) is 2.81. The van der Waals surface area contributed by atoms with Crippen LogP contribution in [0.1, 0.15) is 0 Å². The third-order valence-corrected chi connectivity index (χ3v) is 4.62. The maximum absolute atomic E-state index is 5.61. The van der Waals surface area contributed by atoms with Crippen LogP contribution in [-0.2, 0) is 4.74 Å². The van der Waals surface area contributed by atoms with Gasteiger partial charge in [0, 0.05) is 23.9 Å². The van der Waals surface area contributed by atoms with Crippen LogP contribution in [-0.4, -0.2) is 37.4 Å². The summed E-state index contributed by atoms with van der Waals surface area (Å²) in [5.74, 6) is 2.81. The summed E-state index contributed by atoms with van der Waals surface area (Å²) in [4.78, 5) is 9.36. The lowest BCUT2D eigenvalue weighted by atomic mass is 10.2. The van der Waals surface area contributed by atoms with Crippen LogP contribution in [0.25, 0.3) is 10.9 Å². The number of aromatic nitrogens is 2. The first-order valence-corrected chi connectivity index (χ1v) is 9.92. The molecular formula is C24H25ClN4O3. The molecule has 0 aliphatic carbocycles. The number of methoxy groups -OCH3 is 2. The van der Waals surface area contributed by atoms with Gasteiger partial charge < -0.3 is 24.8 Å². The second-order valence-corrected chi connectivity index (χ2v) is 6.76. The predicted octanol–water partition coefficient (Wildman–Crippen LogP) is 5.57. The van der Waals surface area contributed by atoms with Crippen molar-refractivity contribution < 1.29 is 14.2 Å². The quantitative estimate of drug-likeness (QED) is 0.321. The summed E-state index contributed by atoms with van der Waals surface area (Å²) in [5.41, 5.74) is 2.62. The van der Waals surface area contributed by atoms with E-state index in [0.29, 0.717) is 19.2 Å². The largest absolute Gasteiger partial charge is 0.497 e. The fourth-order valence-electron chi connectivity index (χ4n) is 3.05. The predicted molar refractivity (Wildman–Crippen MR) is 130 cm³/mol. The number of anilines is 4. The van der Waals surface area contributed by atoms with Gasteiger partial charge in [0.15, 0.2) is 0 Å². The number of para-hydroxylation sites is 1. The molecule has 3 aromatic carbocycles. The highest BCUT2D eigenvalue weighted by atomic mass is 35.5. The molecule has 0 aliphatic rings. The van der Waals surface area contributed by atoms with Crippen LogP contribution in [0.2, 0.25) is 0 Å². The molecule has 0 saturated heterocycles. The van der Waals surface area contributed by atoms with E-state index in [9.17, 15) is 0 Å². The van der Waals surface area contributed by atoms with Crippen LogP contribution in [0, 0.1) is 0 Å². The van der Waals surface area contributed by atoms with E-state index in [1.165, 1.54) is 0 Å². The number of nitrogens with zero attached hydrogens (tertiary/aromatic N) is 2. The summed E-state index contributed by atoms with van der Waals surface area (Å²) in [6, 6.07) is 23.3. The smallest absolute Gasteiger partial charge is 0.229 e. The first-order chi connectivity index (χ1) is 15.2. The topological polar surface area (TPSA) is 77.5 Å². The Balaban J connectivity index is 0.00000289. The van der Waals surface area contributed by atoms with Crippen LogP contribution in [0.4, 0.5) is 23.1 Å². The van der Waals surface area contributed by atoms with Crippen molar-refractivity contribution in [3.63, 3.8) is 0 Å². The molecule has 0 fully saturated rings. The number of nitrogens with one attached hydrogen (secondary N) is 2. The molecule has 1 heterocycles. The van der Waals surface area contributed by atoms with Gasteiger partial charge in [-0.2, -0.15) is 4.98 Å². The molecular weight excluding hydrogens is 428 g/mol. The molecule has 4 rings (SSSR count). The van der Waals surface area contributed by atoms with Gasteiger partial charge in [-0.1, -0.05) is 12.1 Å². The molecule has 1 aromatic heterocycles. The van der Waals surface area contributed by atoms with Crippen molar-refractivity contribution in [1.82, 2.24) is 9.97 Å². The minimum Gasteiger partial charge on any atom is -0.497 e. The third kappa shape index (κ3) is 5.78. The monoisotopic (exact) mass is 452 g/mol. The zero-order valence-electron chi connectivity index (χ0n) is 17.9. The Kier molecular flexibility index (Phi) is 8.08. The van der Waals surface area contributed by atoms with E-state index in [1.54, 1.807) is 14.2 Å². The van der Waals surface area contributed by atoms with Crippen molar-refractivity contribution in [2.75, 3.05) is 38.1 Å². The van der Waals surface area contributed by atoms with E-state index in [-0.39, 0.29) is 12.4 Å². The van der Waals surface area contributed by atoms with E-state index in [4.69, 9.17) is 19.2 Å². The van der Waals surface area contributed by atoms with E-state index >= 15 is 0 Å². The van der Waals surface area contributed by atoms with Crippen molar-refractivity contribution in [1.29, 1.82) is 0 Å². The number of hydrogen-bond donors (Lipinski definition) is 2. The molecule has 8 heteroatoms. The Labute approximate surface area is 193 Å². The van der Waals surface area contributed by atoms with Crippen molar-refractivity contribution >= 4 is 46.5 Å². The number of ether oxygens (including phenoxy) is 3. The van der Waals surface area contributed by atoms with E-state index in [0.717, 1.165) is 39.6 Å². The van der Waals surface area contributed by atoms with Crippen LogP contribution < -0.4 is 20.1 Å². The molecule has 7 nitrogen and oxygen atoms in total. The minimum atomic E-state index is 0. The van der Waals surface area contributed by atoms with Crippen LogP contribution in [0.15, 0.2) is 72.8 Å². The summed E-state index contributed by atoms with van der Waals surface area (Å²) in [6.45, 7) is 1.06. The Hall–Kier alpha value is -3.55. The Bertz CT molecular complexity index is 1140. The molecule has 0 amide bonds. The molecule has 4 aromatic rings. The highest BCUT2D eigenvalue weighted by Gasteiger charge is 2.09. The maximum atomic E-state index is 5.61. The molecule has 0 saturated carbocycles. The molecule has 0 aliphatic heterocycles. The molecule has 0 atom stereocenters. The van der Waals surface area contributed by atoms with Crippen molar-refractivity contribution in [3.05, 3.63) is 72.8 Å². The molecule has 32 heavy (non-hydrogen) atoms. The number of fused-ring (bicyclic) bond motifs is 1. The van der Waals surface area contributed by atoms with Crippen molar-refractivity contribution in [2.45, 2.75) is 0 Å². The van der Waals surface area contributed by atoms with Crippen LogP contribution in [0.3, 0.4) is 0 Å². The Morgan fingerprint density at radius 1 is 0.719 bits per heavy atom. The summed E-state index contributed by atoms with van der Waals surface area (Å²) < 4.78 is 15.8. The number of benzene rings is 3. The Morgan fingerprint density at radius 2 is 1.38 bits per heavy atom. The van der Waals surface area contributed by atoms with Gasteiger partial charge in [-0.05, 0) is 60.7 Å². The van der Waals surface area contributed by atoms with E-state index < -0.39 is 0 Å². The second-order valence-electron chi connectivity index (χ2n) is 6.76.